The van der Waals surface area contributed by atoms with Crippen LogP contribution in [0.1, 0.15) is 26.7 Å². The van der Waals surface area contributed by atoms with Crippen molar-refractivity contribution in [1.82, 2.24) is 4.31 Å². The molecule has 0 saturated carbocycles. The van der Waals surface area contributed by atoms with Gasteiger partial charge in [-0.3, -0.25) is 0 Å². The maximum Gasteiger partial charge on any atom is 0.246 e. The Hall–Kier alpha value is -1.05. The number of rotatable bonds is 7. The Morgan fingerprint density at radius 1 is 1.25 bits per heavy atom. The van der Waals surface area contributed by atoms with Crippen molar-refractivity contribution in [2.24, 2.45) is 0 Å². The van der Waals surface area contributed by atoms with E-state index in [4.69, 9.17) is 5.11 Å². The molecule has 0 atom stereocenters. The Morgan fingerprint density at radius 3 is 2.35 bits per heavy atom. The topological polar surface area (TPSA) is 57.6 Å². The summed E-state index contributed by atoms with van der Waals surface area (Å²) in [6, 6.07) is 1.95. The number of nitrogens with zero attached hydrogens (tertiary/aromatic N) is 1. The minimum atomic E-state index is -4.18. The molecule has 0 spiro atoms. The van der Waals surface area contributed by atoms with Crippen LogP contribution in [0.25, 0.3) is 0 Å². The van der Waals surface area contributed by atoms with Crippen molar-refractivity contribution in [2.75, 3.05) is 13.2 Å². The maximum absolute atomic E-state index is 13.7. The van der Waals surface area contributed by atoms with Gasteiger partial charge >= 0.3 is 0 Å². The average Bonchev–Trinajstić information content (AvgIpc) is 2.41. The van der Waals surface area contributed by atoms with E-state index in [2.05, 4.69) is 0 Å². The van der Waals surface area contributed by atoms with E-state index in [1.807, 2.05) is 0 Å². The van der Waals surface area contributed by atoms with E-state index in [1.165, 1.54) is 0 Å². The standard InChI is InChI=1S/C13H19F2NO3S/c1-3-11(4-2)16(7-8-17)20(18,19)13-9-10(14)5-6-12(13)15/h5-6,9,11,17H,3-4,7-8H2,1-2H3. The SMILES string of the molecule is CCC(CC)N(CCO)S(=O)(=O)c1cc(F)ccc1F. The molecule has 0 fully saturated rings. The normalized spacial score (nSPS) is 12.3. The van der Waals surface area contributed by atoms with Crippen LogP contribution in [0, 0.1) is 11.6 Å². The van der Waals surface area contributed by atoms with E-state index < -0.39 is 26.6 Å². The third-order valence-electron chi connectivity index (χ3n) is 3.15. The highest BCUT2D eigenvalue weighted by Gasteiger charge is 2.31. The highest BCUT2D eigenvalue weighted by Crippen LogP contribution is 2.24. The predicted molar refractivity (Wildman–Crippen MR) is 71.7 cm³/mol. The van der Waals surface area contributed by atoms with Crippen molar-refractivity contribution in [2.45, 2.75) is 37.6 Å². The van der Waals surface area contributed by atoms with Crippen LogP contribution in [-0.4, -0.2) is 37.0 Å². The van der Waals surface area contributed by atoms with E-state index in [9.17, 15) is 17.2 Å². The molecule has 1 aromatic rings. The van der Waals surface area contributed by atoms with Gasteiger partial charge in [0.15, 0.2) is 0 Å². The van der Waals surface area contributed by atoms with Gasteiger partial charge in [0.1, 0.15) is 16.5 Å². The van der Waals surface area contributed by atoms with Gasteiger partial charge in [-0.1, -0.05) is 13.8 Å². The van der Waals surface area contributed by atoms with Gasteiger partial charge in [0.2, 0.25) is 10.0 Å². The summed E-state index contributed by atoms with van der Waals surface area (Å²) >= 11 is 0. The summed E-state index contributed by atoms with van der Waals surface area (Å²) in [4.78, 5) is -0.696. The molecule has 4 nitrogen and oxygen atoms in total. The second-order valence-electron chi connectivity index (χ2n) is 4.38. The summed E-state index contributed by atoms with van der Waals surface area (Å²) in [5.74, 6) is -1.82. The van der Waals surface area contributed by atoms with Gasteiger partial charge in [0.25, 0.3) is 0 Å². The first-order chi connectivity index (χ1) is 9.38. The molecule has 7 heteroatoms. The Labute approximate surface area is 118 Å². The largest absolute Gasteiger partial charge is 0.395 e. The molecular formula is C13H19F2NO3S. The minimum Gasteiger partial charge on any atom is -0.395 e. The van der Waals surface area contributed by atoms with Gasteiger partial charge < -0.3 is 5.11 Å². The fraction of sp³-hybridized carbons (Fsp3) is 0.538. The van der Waals surface area contributed by atoms with Gasteiger partial charge in [0, 0.05) is 12.6 Å². The lowest BCUT2D eigenvalue weighted by molar-refractivity contribution is 0.219. The van der Waals surface area contributed by atoms with Crippen molar-refractivity contribution in [3.63, 3.8) is 0 Å². The third-order valence-corrected chi connectivity index (χ3v) is 5.12. The monoisotopic (exact) mass is 307 g/mol. The molecule has 1 aromatic carbocycles. The predicted octanol–water partition coefficient (Wildman–Crippen LogP) is 2.14. The van der Waals surface area contributed by atoms with Crippen LogP contribution in [-0.2, 0) is 10.0 Å². The van der Waals surface area contributed by atoms with Gasteiger partial charge in [-0.15, -0.1) is 0 Å². The van der Waals surface area contributed by atoms with Crippen molar-refractivity contribution in [3.8, 4) is 0 Å². The molecule has 0 aliphatic rings. The lowest BCUT2D eigenvalue weighted by atomic mass is 10.2. The molecule has 0 saturated heterocycles. The Kier molecular flexibility index (Phi) is 6.04. The Morgan fingerprint density at radius 2 is 1.85 bits per heavy atom. The van der Waals surface area contributed by atoms with Gasteiger partial charge in [-0.25, -0.2) is 17.2 Å². The second-order valence-corrected chi connectivity index (χ2v) is 6.24. The summed E-state index contributed by atoms with van der Waals surface area (Å²) in [7, 11) is -4.18. The van der Waals surface area contributed by atoms with Gasteiger partial charge in [-0.05, 0) is 31.0 Å². The molecule has 0 unspecified atom stereocenters. The van der Waals surface area contributed by atoms with Gasteiger partial charge in [0.05, 0.1) is 6.61 Å². The van der Waals surface area contributed by atoms with Crippen molar-refractivity contribution in [1.29, 1.82) is 0 Å². The maximum atomic E-state index is 13.7. The third kappa shape index (κ3) is 3.53. The highest BCUT2D eigenvalue weighted by molar-refractivity contribution is 7.89. The quantitative estimate of drug-likeness (QED) is 0.839. The minimum absolute atomic E-state index is 0.148. The zero-order chi connectivity index (χ0) is 15.3. The number of sulfonamides is 1. The van der Waals surface area contributed by atoms with E-state index in [0.29, 0.717) is 18.9 Å². The molecule has 0 radical (unpaired) electrons. The Bertz CT molecular complexity index is 545. The summed E-state index contributed by atoms with van der Waals surface area (Å²) in [5.41, 5.74) is 0. The zero-order valence-electron chi connectivity index (χ0n) is 11.5. The number of aliphatic hydroxyl groups excluding tert-OH is 1. The van der Waals surface area contributed by atoms with Crippen LogP contribution in [0.4, 0.5) is 8.78 Å². The molecular weight excluding hydrogens is 288 g/mol. The second kappa shape index (κ2) is 7.10. The van der Waals surface area contributed by atoms with Crippen LogP contribution in [0.5, 0.6) is 0 Å². The first-order valence-corrected chi connectivity index (χ1v) is 7.90. The van der Waals surface area contributed by atoms with Crippen LogP contribution in [0.2, 0.25) is 0 Å². The molecule has 20 heavy (non-hydrogen) atoms. The fourth-order valence-electron chi connectivity index (χ4n) is 2.09. The molecule has 0 bridgehead atoms. The molecule has 1 rings (SSSR count). The lowest BCUT2D eigenvalue weighted by Gasteiger charge is -2.29. The molecule has 0 aliphatic heterocycles. The van der Waals surface area contributed by atoms with E-state index in [1.54, 1.807) is 13.8 Å². The van der Waals surface area contributed by atoms with Crippen LogP contribution >= 0.6 is 0 Å². The lowest BCUT2D eigenvalue weighted by Crippen LogP contribution is -2.41. The zero-order valence-corrected chi connectivity index (χ0v) is 12.3. The van der Waals surface area contributed by atoms with E-state index in [0.717, 1.165) is 16.4 Å². The molecule has 0 aromatic heterocycles. The number of hydrogen-bond acceptors (Lipinski definition) is 3. The summed E-state index contributed by atoms with van der Waals surface area (Å²) in [6.07, 6.45) is 1.04. The number of halogens is 2. The summed E-state index contributed by atoms with van der Waals surface area (Å²) in [5, 5.41) is 9.04. The summed E-state index contributed by atoms with van der Waals surface area (Å²) in [6.45, 7) is 3.07. The van der Waals surface area contributed by atoms with Crippen LogP contribution < -0.4 is 0 Å². The van der Waals surface area contributed by atoms with Crippen molar-refractivity contribution < 1.29 is 22.3 Å². The Balaban J connectivity index is 3.32. The number of hydrogen-bond donors (Lipinski definition) is 1. The molecule has 0 heterocycles. The summed E-state index contributed by atoms with van der Waals surface area (Å²) < 4.78 is 52.9. The number of aliphatic hydroxyl groups is 1. The number of benzene rings is 1. The smallest absolute Gasteiger partial charge is 0.246 e. The van der Waals surface area contributed by atoms with Crippen molar-refractivity contribution in [3.05, 3.63) is 29.8 Å². The molecule has 0 amide bonds. The first kappa shape index (κ1) is 17.0. The van der Waals surface area contributed by atoms with Crippen LogP contribution in [0.15, 0.2) is 23.1 Å². The first-order valence-electron chi connectivity index (χ1n) is 6.46. The van der Waals surface area contributed by atoms with E-state index in [-0.39, 0.29) is 19.2 Å². The molecule has 0 aliphatic carbocycles. The molecule has 1 N–H and O–H groups in total. The highest BCUT2D eigenvalue weighted by atomic mass is 32.2. The molecule has 114 valence electrons. The fourth-order valence-corrected chi connectivity index (χ4v) is 3.94. The van der Waals surface area contributed by atoms with Gasteiger partial charge in [-0.2, -0.15) is 4.31 Å². The van der Waals surface area contributed by atoms with E-state index >= 15 is 0 Å². The average molecular weight is 307 g/mol. The van der Waals surface area contributed by atoms with Crippen molar-refractivity contribution >= 4 is 10.0 Å². The van der Waals surface area contributed by atoms with Crippen LogP contribution in [0.3, 0.4) is 0 Å².